The van der Waals surface area contributed by atoms with Crippen molar-refractivity contribution < 1.29 is 14.8 Å². The number of aromatic carboxylic acids is 1. The highest BCUT2D eigenvalue weighted by Gasteiger charge is 2.19. The zero-order chi connectivity index (χ0) is 15.0. The molecule has 110 valence electrons. The number of carbonyl (C=O) groups is 1. The summed E-state index contributed by atoms with van der Waals surface area (Å²) in [4.78, 5) is 19.5. The molecule has 5 nitrogen and oxygen atoms in total. The Kier molecular flexibility index (Phi) is 3.51. The van der Waals surface area contributed by atoms with Gasteiger partial charge in [-0.05, 0) is 31.2 Å². The molecule has 1 fully saturated rings. The smallest absolute Gasteiger partial charge is 0.335 e. The lowest BCUT2D eigenvalue weighted by molar-refractivity contribution is -0.880. The first-order valence-corrected chi connectivity index (χ1v) is 7.25. The zero-order valence-electron chi connectivity index (χ0n) is 12.4. The second-order valence-corrected chi connectivity index (χ2v) is 5.76. The lowest BCUT2D eigenvalue weighted by atomic mass is 10.1. The molecule has 2 heterocycles. The zero-order valence-corrected chi connectivity index (χ0v) is 12.4. The van der Waals surface area contributed by atoms with Gasteiger partial charge in [-0.3, -0.25) is 4.98 Å². The lowest BCUT2D eigenvalue weighted by Gasteiger charge is -2.32. The molecule has 3 rings (SSSR count). The monoisotopic (exact) mass is 286 g/mol. The van der Waals surface area contributed by atoms with Gasteiger partial charge >= 0.3 is 5.97 Å². The van der Waals surface area contributed by atoms with Gasteiger partial charge in [-0.2, -0.15) is 0 Å². The Balaban J connectivity index is 2.07. The van der Waals surface area contributed by atoms with Crippen LogP contribution in [0, 0.1) is 6.92 Å². The van der Waals surface area contributed by atoms with E-state index in [2.05, 4.69) is 23.0 Å². The molecule has 1 aliphatic rings. The Hall–Kier alpha value is -2.14. The van der Waals surface area contributed by atoms with E-state index in [9.17, 15) is 4.79 Å². The number of hydrogen-bond acceptors (Lipinski definition) is 3. The first-order chi connectivity index (χ1) is 10.0. The summed E-state index contributed by atoms with van der Waals surface area (Å²) in [6.45, 7) is 6.24. The molecular weight excluding hydrogens is 266 g/mol. The van der Waals surface area contributed by atoms with Crippen molar-refractivity contribution in [3.05, 3.63) is 35.5 Å². The van der Waals surface area contributed by atoms with Crippen LogP contribution in [0.4, 0.5) is 5.69 Å². The Bertz CT molecular complexity index is 691. The second-order valence-electron chi connectivity index (χ2n) is 5.76. The number of quaternary nitrogens is 1. The fraction of sp³-hybridized carbons (Fsp3) is 0.375. The van der Waals surface area contributed by atoms with Crippen LogP contribution in [0.2, 0.25) is 0 Å². The highest BCUT2D eigenvalue weighted by Crippen LogP contribution is 2.27. The minimum absolute atomic E-state index is 0.286. The molecule has 0 radical (unpaired) electrons. The number of piperazine rings is 1. The number of benzene rings is 1. The van der Waals surface area contributed by atoms with Crippen molar-refractivity contribution >= 4 is 22.6 Å². The van der Waals surface area contributed by atoms with Crippen LogP contribution in [-0.2, 0) is 0 Å². The van der Waals surface area contributed by atoms with Gasteiger partial charge in [-0.25, -0.2) is 4.79 Å². The van der Waals surface area contributed by atoms with Gasteiger partial charge < -0.3 is 14.9 Å². The summed E-state index contributed by atoms with van der Waals surface area (Å²) in [6, 6.07) is 7.30. The molecule has 0 atom stereocenters. The number of nitrogens with one attached hydrogen (secondary N) is 1. The van der Waals surface area contributed by atoms with Crippen LogP contribution in [0.3, 0.4) is 0 Å². The van der Waals surface area contributed by atoms with Crippen molar-refractivity contribution in [2.75, 3.05) is 38.1 Å². The molecule has 2 aromatic rings. The summed E-state index contributed by atoms with van der Waals surface area (Å²) in [5.74, 6) is -0.912. The molecule has 1 saturated heterocycles. The molecule has 5 heteroatoms. The number of aromatic nitrogens is 1. The average molecular weight is 286 g/mol. The molecule has 1 aromatic carbocycles. The predicted octanol–water partition coefficient (Wildman–Crippen LogP) is 0.576. The van der Waals surface area contributed by atoms with E-state index in [4.69, 9.17) is 5.11 Å². The standard InChI is InChI=1S/C16H19N3O2/c1-11-9-15(19-7-5-18(2)6-8-19)13-4-3-12(16(20)21)10-14(13)17-11/h3-4,9-10H,5-8H2,1-2H3,(H,20,21)/p+1. The van der Waals surface area contributed by atoms with E-state index in [0.29, 0.717) is 0 Å². The molecule has 2 N–H and O–H groups in total. The number of rotatable bonds is 2. The van der Waals surface area contributed by atoms with Gasteiger partial charge in [0.25, 0.3) is 0 Å². The van der Waals surface area contributed by atoms with Gasteiger partial charge in [-0.15, -0.1) is 0 Å². The number of pyridine rings is 1. The van der Waals surface area contributed by atoms with E-state index in [0.717, 1.165) is 42.8 Å². The maximum Gasteiger partial charge on any atom is 0.335 e. The van der Waals surface area contributed by atoms with Crippen LogP contribution in [0.25, 0.3) is 10.9 Å². The molecule has 0 bridgehead atoms. The summed E-state index contributed by atoms with van der Waals surface area (Å²) in [6.07, 6.45) is 0. The van der Waals surface area contributed by atoms with Gasteiger partial charge in [0.2, 0.25) is 0 Å². The summed E-state index contributed by atoms with van der Waals surface area (Å²) in [7, 11) is 2.21. The molecular formula is C16H20N3O2+. The van der Waals surface area contributed by atoms with Crippen LogP contribution < -0.4 is 9.80 Å². The normalized spacial score (nSPS) is 16.4. The van der Waals surface area contributed by atoms with Gasteiger partial charge in [0, 0.05) is 16.8 Å². The Morgan fingerprint density at radius 2 is 2.00 bits per heavy atom. The first-order valence-electron chi connectivity index (χ1n) is 7.25. The third kappa shape index (κ3) is 2.69. The van der Waals surface area contributed by atoms with Crippen LogP contribution in [0.1, 0.15) is 16.1 Å². The van der Waals surface area contributed by atoms with E-state index >= 15 is 0 Å². The third-order valence-electron chi connectivity index (χ3n) is 4.12. The summed E-state index contributed by atoms with van der Waals surface area (Å²) in [5, 5.41) is 10.2. The fourth-order valence-electron chi connectivity index (χ4n) is 2.86. The number of fused-ring (bicyclic) bond motifs is 1. The molecule has 1 aromatic heterocycles. The van der Waals surface area contributed by atoms with Gasteiger partial charge in [0.1, 0.15) is 0 Å². The first kappa shape index (κ1) is 13.8. The Morgan fingerprint density at radius 1 is 1.29 bits per heavy atom. The Morgan fingerprint density at radius 3 is 2.67 bits per heavy atom. The minimum Gasteiger partial charge on any atom is -0.478 e. The summed E-state index contributed by atoms with van der Waals surface area (Å²) < 4.78 is 0. The van der Waals surface area contributed by atoms with Gasteiger partial charge in [-0.1, -0.05) is 0 Å². The van der Waals surface area contributed by atoms with E-state index in [1.807, 2.05) is 13.0 Å². The maximum absolute atomic E-state index is 11.1. The topological polar surface area (TPSA) is 57.9 Å². The van der Waals surface area contributed by atoms with Gasteiger partial charge in [0.15, 0.2) is 0 Å². The number of aryl methyl sites for hydroxylation is 1. The van der Waals surface area contributed by atoms with Crippen molar-refractivity contribution in [3.63, 3.8) is 0 Å². The Labute approximate surface area is 123 Å². The van der Waals surface area contributed by atoms with Crippen LogP contribution in [-0.4, -0.2) is 49.3 Å². The SMILES string of the molecule is Cc1cc(N2CC[NH+](C)CC2)c2ccc(C(=O)O)cc2n1. The minimum atomic E-state index is -0.912. The highest BCUT2D eigenvalue weighted by atomic mass is 16.4. The number of carboxylic acid groups (broad SMARTS) is 1. The number of likely N-dealkylation sites (N-methyl/N-ethyl adjacent to an activating group) is 1. The number of hydrogen-bond donors (Lipinski definition) is 2. The second kappa shape index (κ2) is 5.33. The number of nitrogens with zero attached hydrogens (tertiary/aromatic N) is 2. The molecule has 1 aliphatic heterocycles. The van der Waals surface area contributed by atoms with Gasteiger partial charge in [0.05, 0.1) is 44.3 Å². The van der Waals surface area contributed by atoms with E-state index in [-0.39, 0.29) is 5.56 Å². The van der Waals surface area contributed by atoms with Crippen LogP contribution >= 0.6 is 0 Å². The van der Waals surface area contributed by atoms with E-state index in [1.165, 1.54) is 5.69 Å². The van der Waals surface area contributed by atoms with Crippen LogP contribution in [0.15, 0.2) is 24.3 Å². The highest BCUT2D eigenvalue weighted by molar-refractivity contribution is 5.97. The largest absolute Gasteiger partial charge is 0.478 e. The maximum atomic E-state index is 11.1. The molecule has 0 aliphatic carbocycles. The molecule has 0 saturated carbocycles. The lowest BCUT2D eigenvalue weighted by Crippen LogP contribution is -3.12. The average Bonchev–Trinajstić information content (AvgIpc) is 2.46. The van der Waals surface area contributed by atoms with Crippen molar-refractivity contribution in [3.8, 4) is 0 Å². The summed E-state index contributed by atoms with van der Waals surface area (Å²) in [5.41, 5.74) is 3.14. The quantitative estimate of drug-likeness (QED) is 0.848. The predicted molar refractivity (Wildman–Crippen MR) is 82.3 cm³/mol. The third-order valence-corrected chi connectivity index (χ3v) is 4.12. The number of anilines is 1. The van der Waals surface area contributed by atoms with E-state index < -0.39 is 5.97 Å². The summed E-state index contributed by atoms with van der Waals surface area (Å²) >= 11 is 0. The molecule has 0 unspecified atom stereocenters. The molecule has 21 heavy (non-hydrogen) atoms. The molecule has 0 amide bonds. The van der Waals surface area contributed by atoms with Crippen molar-refractivity contribution in [1.29, 1.82) is 0 Å². The molecule has 0 spiro atoms. The van der Waals surface area contributed by atoms with Crippen molar-refractivity contribution in [1.82, 2.24) is 4.98 Å². The fourth-order valence-corrected chi connectivity index (χ4v) is 2.86. The van der Waals surface area contributed by atoms with Crippen LogP contribution in [0.5, 0.6) is 0 Å². The van der Waals surface area contributed by atoms with Crippen molar-refractivity contribution in [2.24, 2.45) is 0 Å². The van der Waals surface area contributed by atoms with Crippen molar-refractivity contribution in [2.45, 2.75) is 6.92 Å². The number of carboxylic acids is 1. The van der Waals surface area contributed by atoms with E-state index in [1.54, 1.807) is 17.0 Å².